The van der Waals surface area contributed by atoms with Crippen molar-refractivity contribution in [1.82, 2.24) is 0 Å². The molecule has 0 saturated heterocycles. The molecule has 0 fully saturated rings. The number of nitrogens with zero attached hydrogens (tertiary/aromatic N) is 3. The molecule has 6 nitrogen and oxygen atoms in total. The van der Waals surface area contributed by atoms with Crippen LogP contribution in [0.5, 0.6) is 0 Å². The summed E-state index contributed by atoms with van der Waals surface area (Å²) in [5.74, 6) is -0.220. The SMILES string of the molecule is CC(=O)c1cc(C(O)C(O)CCN=[N+]=[N-])ccc1Cl. The van der Waals surface area contributed by atoms with Gasteiger partial charge in [0.1, 0.15) is 6.10 Å². The van der Waals surface area contributed by atoms with E-state index in [2.05, 4.69) is 10.0 Å². The summed E-state index contributed by atoms with van der Waals surface area (Å²) >= 11 is 5.86. The van der Waals surface area contributed by atoms with Gasteiger partial charge < -0.3 is 10.2 Å². The van der Waals surface area contributed by atoms with Gasteiger partial charge in [-0.3, -0.25) is 4.79 Å². The fourth-order valence-electron chi connectivity index (χ4n) is 1.61. The van der Waals surface area contributed by atoms with Gasteiger partial charge in [-0.05, 0) is 36.6 Å². The summed E-state index contributed by atoms with van der Waals surface area (Å²) in [4.78, 5) is 13.9. The molecule has 2 atom stereocenters. The van der Waals surface area contributed by atoms with E-state index in [0.717, 1.165) is 0 Å². The Hall–Kier alpha value is -1.59. The van der Waals surface area contributed by atoms with Crippen LogP contribution in [0.2, 0.25) is 5.02 Å². The van der Waals surface area contributed by atoms with Crippen molar-refractivity contribution in [3.63, 3.8) is 0 Å². The topological polar surface area (TPSA) is 106 Å². The molecule has 0 amide bonds. The zero-order valence-electron chi connectivity index (χ0n) is 10.3. The molecule has 0 aliphatic carbocycles. The number of hydrogen-bond acceptors (Lipinski definition) is 4. The predicted molar refractivity (Wildman–Crippen MR) is 71.1 cm³/mol. The monoisotopic (exact) mass is 283 g/mol. The zero-order valence-corrected chi connectivity index (χ0v) is 11.1. The number of benzene rings is 1. The van der Waals surface area contributed by atoms with E-state index in [0.29, 0.717) is 16.1 Å². The molecule has 1 aromatic rings. The van der Waals surface area contributed by atoms with Crippen molar-refractivity contribution in [1.29, 1.82) is 0 Å². The van der Waals surface area contributed by atoms with Crippen molar-refractivity contribution in [2.75, 3.05) is 6.54 Å². The van der Waals surface area contributed by atoms with Crippen LogP contribution in [0, 0.1) is 0 Å². The maximum Gasteiger partial charge on any atom is 0.161 e. The molecule has 19 heavy (non-hydrogen) atoms. The molecule has 0 heterocycles. The summed E-state index contributed by atoms with van der Waals surface area (Å²) in [5, 5.41) is 23.3. The molecule has 0 bridgehead atoms. The van der Waals surface area contributed by atoms with E-state index < -0.39 is 12.2 Å². The Morgan fingerprint density at radius 2 is 2.21 bits per heavy atom. The lowest BCUT2D eigenvalue weighted by atomic mass is 9.99. The lowest BCUT2D eigenvalue weighted by Gasteiger charge is -2.18. The number of carbonyl (C=O) groups excluding carboxylic acids is 1. The first-order valence-electron chi connectivity index (χ1n) is 5.64. The van der Waals surface area contributed by atoms with Crippen LogP contribution >= 0.6 is 11.6 Å². The number of azide groups is 1. The molecule has 0 radical (unpaired) electrons. The van der Waals surface area contributed by atoms with Gasteiger partial charge in [0, 0.05) is 17.0 Å². The molecule has 0 spiro atoms. The number of aliphatic hydroxyl groups is 2. The molecule has 7 heteroatoms. The Bertz CT molecular complexity index is 515. The van der Waals surface area contributed by atoms with Crippen molar-refractivity contribution in [3.05, 3.63) is 44.8 Å². The Morgan fingerprint density at radius 3 is 2.79 bits per heavy atom. The van der Waals surface area contributed by atoms with Gasteiger partial charge in [-0.1, -0.05) is 22.8 Å². The van der Waals surface area contributed by atoms with Crippen LogP contribution in [0.1, 0.15) is 35.4 Å². The highest BCUT2D eigenvalue weighted by Crippen LogP contribution is 2.25. The molecule has 102 valence electrons. The van der Waals surface area contributed by atoms with Crippen LogP contribution in [0.25, 0.3) is 10.4 Å². The molecule has 1 aromatic carbocycles. The minimum absolute atomic E-state index is 0.0852. The average Bonchev–Trinajstić information content (AvgIpc) is 2.38. The summed E-state index contributed by atoms with van der Waals surface area (Å²) in [7, 11) is 0. The van der Waals surface area contributed by atoms with Crippen molar-refractivity contribution in [2.45, 2.75) is 25.6 Å². The van der Waals surface area contributed by atoms with E-state index in [1.165, 1.54) is 25.1 Å². The normalized spacial score (nSPS) is 13.5. The molecular weight excluding hydrogens is 270 g/mol. The van der Waals surface area contributed by atoms with Gasteiger partial charge in [0.2, 0.25) is 0 Å². The summed E-state index contributed by atoms with van der Waals surface area (Å²) in [5.41, 5.74) is 8.81. The van der Waals surface area contributed by atoms with Crippen molar-refractivity contribution >= 4 is 17.4 Å². The Morgan fingerprint density at radius 1 is 1.53 bits per heavy atom. The maximum atomic E-state index is 11.3. The van der Waals surface area contributed by atoms with Crippen LogP contribution in [0.15, 0.2) is 23.3 Å². The predicted octanol–water partition coefficient (Wildman–Crippen LogP) is 2.64. The third kappa shape index (κ3) is 4.22. The van der Waals surface area contributed by atoms with E-state index in [9.17, 15) is 15.0 Å². The Kier molecular flexibility index (Phi) is 5.79. The summed E-state index contributed by atoms with van der Waals surface area (Å²) in [6.45, 7) is 1.46. The lowest BCUT2D eigenvalue weighted by molar-refractivity contribution is 0.0150. The highest BCUT2D eigenvalue weighted by Gasteiger charge is 2.19. The second-order valence-electron chi connectivity index (χ2n) is 4.05. The van der Waals surface area contributed by atoms with Crippen molar-refractivity contribution in [2.24, 2.45) is 5.11 Å². The van der Waals surface area contributed by atoms with Gasteiger partial charge in [0.05, 0.1) is 11.1 Å². The van der Waals surface area contributed by atoms with Crippen molar-refractivity contribution < 1.29 is 15.0 Å². The Balaban J connectivity index is 2.87. The molecule has 1 rings (SSSR count). The third-order valence-electron chi connectivity index (χ3n) is 2.66. The number of aliphatic hydroxyl groups excluding tert-OH is 2. The number of Topliss-reactive ketones (excluding diaryl/α,β-unsaturated/α-hetero) is 1. The van der Waals surface area contributed by atoms with Gasteiger partial charge in [0.25, 0.3) is 0 Å². The second kappa shape index (κ2) is 7.11. The highest BCUT2D eigenvalue weighted by atomic mass is 35.5. The number of carbonyl (C=O) groups is 1. The average molecular weight is 284 g/mol. The van der Waals surface area contributed by atoms with Gasteiger partial charge in [-0.25, -0.2) is 0 Å². The van der Waals surface area contributed by atoms with Crippen molar-refractivity contribution in [3.8, 4) is 0 Å². The van der Waals surface area contributed by atoms with Gasteiger partial charge >= 0.3 is 0 Å². The van der Waals surface area contributed by atoms with E-state index >= 15 is 0 Å². The molecule has 0 saturated carbocycles. The first kappa shape index (κ1) is 15.5. The smallest absolute Gasteiger partial charge is 0.161 e. The van der Waals surface area contributed by atoms with Gasteiger partial charge in [-0.2, -0.15) is 0 Å². The highest BCUT2D eigenvalue weighted by molar-refractivity contribution is 6.33. The fourth-order valence-corrected chi connectivity index (χ4v) is 1.86. The minimum Gasteiger partial charge on any atom is -0.390 e. The van der Waals surface area contributed by atoms with E-state index in [1.807, 2.05) is 0 Å². The van der Waals surface area contributed by atoms with Crippen LogP contribution < -0.4 is 0 Å². The first-order chi connectivity index (χ1) is 8.97. The van der Waals surface area contributed by atoms with Crippen LogP contribution in [0.4, 0.5) is 0 Å². The number of hydrogen-bond donors (Lipinski definition) is 2. The number of rotatable bonds is 6. The summed E-state index contributed by atoms with van der Waals surface area (Å²) in [6.07, 6.45) is -2.11. The minimum atomic E-state index is -1.16. The first-order valence-corrected chi connectivity index (χ1v) is 6.02. The maximum absolute atomic E-state index is 11.3. The van der Waals surface area contributed by atoms with E-state index in [4.69, 9.17) is 17.1 Å². The van der Waals surface area contributed by atoms with Crippen LogP contribution in [-0.4, -0.2) is 28.6 Å². The third-order valence-corrected chi connectivity index (χ3v) is 2.99. The van der Waals surface area contributed by atoms with Crippen LogP contribution in [0.3, 0.4) is 0 Å². The fraction of sp³-hybridized carbons (Fsp3) is 0.417. The molecular formula is C12H14ClN3O3. The summed E-state index contributed by atoms with van der Waals surface area (Å²) in [6, 6.07) is 4.49. The molecule has 0 aliphatic heterocycles. The van der Waals surface area contributed by atoms with E-state index in [-0.39, 0.29) is 18.7 Å². The number of halogens is 1. The number of ketones is 1. The lowest BCUT2D eigenvalue weighted by Crippen LogP contribution is -2.19. The molecule has 2 unspecified atom stereocenters. The molecule has 0 aliphatic rings. The van der Waals surface area contributed by atoms with Crippen LogP contribution in [-0.2, 0) is 0 Å². The van der Waals surface area contributed by atoms with Gasteiger partial charge in [-0.15, -0.1) is 0 Å². The summed E-state index contributed by atoms with van der Waals surface area (Å²) < 4.78 is 0. The standard InChI is InChI=1S/C12H14ClN3O3/c1-7(17)9-6-8(2-3-10(9)13)12(19)11(18)4-5-15-16-14/h2-3,6,11-12,18-19H,4-5H2,1H3. The van der Waals surface area contributed by atoms with Gasteiger partial charge in [0.15, 0.2) is 5.78 Å². The zero-order chi connectivity index (χ0) is 14.4. The largest absolute Gasteiger partial charge is 0.390 e. The molecule has 2 N–H and O–H groups in total. The second-order valence-corrected chi connectivity index (χ2v) is 4.46. The Labute approximate surface area is 115 Å². The quantitative estimate of drug-likeness (QED) is 0.363. The van der Waals surface area contributed by atoms with E-state index in [1.54, 1.807) is 0 Å². The molecule has 0 aromatic heterocycles.